The van der Waals surface area contributed by atoms with Crippen LogP contribution in [0.1, 0.15) is 46.3 Å². The third-order valence-corrected chi connectivity index (χ3v) is 6.36. The summed E-state index contributed by atoms with van der Waals surface area (Å²) in [6.07, 6.45) is 0. The molecule has 0 bridgehead atoms. The third-order valence-electron chi connectivity index (χ3n) is 4.30. The van der Waals surface area contributed by atoms with Crippen LogP contribution in [-0.2, 0) is 28.7 Å². The van der Waals surface area contributed by atoms with Gasteiger partial charge in [0.1, 0.15) is 0 Å². The summed E-state index contributed by atoms with van der Waals surface area (Å²) in [5, 5.41) is 1.07. The van der Waals surface area contributed by atoms with Gasteiger partial charge in [0.05, 0.1) is 27.9 Å². The highest BCUT2D eigenvalue weighted by Gasteiger charge is 2.13. The number of carbonyl (C=O) groups excluding carboxylic acids is 1. The molecular weight excluding hydrogens is 396 g/mol. The second-order valence-electron chi connectivity index (χ2n) is 6.76. The van der Waals surface area contributed by atoms with Crippen LogP contribution in [0.3, 0.4) is 0 Å². The summed E-state index contributed by atoms with van der Waals surface area (Å²) in [5.41, 5.74) is 3.08. The van der Waals surface area contributed by atoms with E-state index in [4.69, 9.17) is 0 Å². The third kappa shape index (κ3) is 4.76. The standard InChI is InChI=1S/C20H22N2O4S2/c1-13(2)19-21-17-9-6-15(10-18(17)27-19)12-22(28(24)25)11-14-4-7-16(8-5-14)20(23)26-3/h4-10,13,28H,11-12H2,1-3H3. The molecule has 28 heavy (non-hydrogen) atoms. The fraction of sp³-hybridized carbons (Fsp3) is 0.300. The smallest absolute Gasteiger partial charge is 0.337 e. The van der Waals surface area contributed by atoms with Crippen molar-refractivity contribution in [2.75, 3.05) is 7.11 Å². The fourth-order valence-electron chi connectivity index (χ4n) is 2.79. The lowest BCUT2D eigenvalue weighted by Gasteiger charge is -2.15. The molecule has 0 saturated heterocycles. The van der Waals surface area contributed by atoms with Crippen molar-refractivity contribution in [2.45, 2.75) is 32.9 Å². The van der Waals surface area contributed by atoms with Crippen molar-refractivity contribution >= 4 is 38.4 Å². The molecule has 3 aromatic rings. The molecule has 1 aromatic heterocycles. The summed E-state index contributed by atoms with van der Waals surface area (Å²) in [5.74, 6) is -0.0571. The summed E-state index contributed by atoms with van der Waals surface area (Å²) in [6.45, 7) is 4.72. The van der Waals surface area contributed by atoms with Gasteiger partial charge in [0.2, 0.25) is 10.9 Å². The number of methoxy groups -OCH3 is 1. The molecule has 0 fully saturated rings. The van der Waals surface area contributed by atoms with E-state index in [1.54, 1.807) is 35.6 Å². The van der Waals surface area contributed by atoms with E-state index < -0.39 is 16.9 Å². The van der Waals surface area contributed by atoms with Crippen LogP contribution in [0.25, 0.3) is 10.2 Å². The average molecular weight is 419 g/mol. The van der Waals surface area contributed by atoms with Gasteiger partial charge in [0.25, 0.3) is 0 Å². The number of benzene rings is 2. The highest BCUT2D eigenvalue weighted by Crippen LogP contribution is 2.28. The molecule has 0 atom stereocenters. The quantitative estimate of drug-likeness (QED) is 0.467. The van der Waals surface area contributed by atoms with Gasteiger partial charge in [0, 0.05) is 19.0 Å². The number of carbonyl (C=O) groups is 1. The van der Waals surface area contributed by atoms with Crippen LogP contribution in [0.4, 0.5) is 0 Å². The number of esters is 1. The van der Waals surface area contributed by atoms with E-state index in [0.717, 1.165) is 26.4 Å². The molecule has 0 radical (unpaired) electrons. The minimum Gasteiger partial charge on any atom is -0.465 e. The molecule has 0 aliphatic carbocycles. The maximum absolute atomic E-state index is 11.8. The van der Waals surface area contributed by atoms with Crippen molar-refractivity contribution < 1.29 is 17.9 Å². The van der Waals surface area contributed by atoms with Crippen molar-refractivity contribution in [3.63, 3.8) is 0 Å². The number of aromatic nitrogens is 1. The van der Waals surface area contributed by atoms with Crippen LogP contribution in [0, 0.1) is 0 Å². The zero-order chi connectivity index (χ0) is 20.3. The number of fused-ring (bicyclic) bond motifs is 1. The molecular formula is C20H22N2O4S2. The number of rotatable bonds is 7. The Kier molecular flexibility index (Phi) is 6.43. The number of nitrogens with zero attached hydrogens (tertiary/aromatic N) is 2. The largest absolute Gasteiger partial charge is 0.465 e. The maximum Gasteiger partial charge on any atom is 0.337 e. The van der Waals surface area contributed by atoms with E-state index in [1.165, 1.54) is 11.4 Å². The highest BCUT2D eigenvalue weighted by atomic mass is 32.2. The summed E-state index contributed by atoms with van der Waals surface area (Å²) in [6, 6.07) is 12.6. The zero-order valence-electron chi connectivity index (χ0n) is 15.9. The van der Waals surface area contributed by atoms with Gasteiger partial charge >= 0.3 is 5.97 Å². The Morgan fingerprint density at radius 3 is 2.36 bits per heavy atom. The number of hydrogen-bond acceptors (Lipinski definition) is 6. The number of thiazole rings is 1. The molecule has 8 heteroatoms. The molecule has 0 saturated carbocycles. The number of hydrogen-bond donors (Lipinski definition) is 1. The van der Waals surface area contributed by atoms with Crippen LogP contribution < -0.4 is 0 Å². The van der Waals surface area contributed by atoms with E-state index in [0.29, 0.717) is 11.5 Å². The summed E-state index contributed by atoms with van der Waals surface area (Å²) in [4.78, 5) is 16.1. The molecule has 0 aliphatic rings. The second kappa shape index (κ2) is 8.81. The summed E-state index contributed by atoms with van der Waals surface area (Å²) < 4.78 is 30.7. The lowest BCUT2D eigenvalue weighted by atomic mass is 10.1. The maximum atomic E-state index is 11.8. The van der Waals surface area contributed by atoms with Crippen LogP contribution in [0.2, 0.25) is 0 Å². The first-order chi connectivity index (χ1) is 13.4. The lowest BCUT2D eigenvalue weighted by Crippen LogP contribution is -2.21. The molecule has 0 aliphatic heterocycles. The van der Waals surface area contributed by atoms with Gasteiger partial charge in [-0.15, -0.1) is 11.3 Å². The van der Waals surface area contributed by atoms with Gasteiger partial charge in [-0.25, -0.2) is 18.2 Å². The predicted molar refractivity (Wildman–Crippen MR) is 111 cm³/mol. The Bertz CT molecular complexity index is 1050. The van der Waals surface area contributed by atoms with Gasteiger partial charge in [-0.1, -0.05) is 32.0 Å². The fourth-order valence-corrected chi connectivity index (χ4v) is 4.38. The molecule has 0 amide bonds. The molecule has 0 N–H and O–H groups in total. The van der Waals surface area contributed by atoms with E-state index in [2.05, 4.69) is 23.6 Å². The van der Waals surface area contributed by atoms with Crippen molar-refractivity contribution in [2.24, 2.45) is 0 Å². The number of thiol groups is 1. The minimum absolute atomic E-state index is 0.234. The van der Waals surface area contributed by atoms with Gasteiger partial charge in [-0.2, -0.15) is 4.31 Å². The molecule has 0 spiro atoms. The van der Waals surface area contributed by atoms with Crippen LogP contribution >= 0.6 is 11.3 Å². The van der Waals surface area contributed by atoms with Gasteiger partial charge in [-0.05, 0) is 35.4 Å². The number of ether oxygens (including phenoxy) is 1. The first kappa shape index (κ1) is 20.4. The van der Waals surface area contributed by atoms with Gasteiger partial charge in [-0.3, -0.25) is 0 Å². The Hall–Kier alpha value is -2.29. The van der Waals surface area contributed by atoms with Crippen molar-refractivity contribution in [1.29, 1.82) is 0 Å². The van der Waals surface area contributed by atoms with E-state index in [-0.39, 0.29) is 13.1 Å². The molecule has 148 valence electrons. The Morgan fingerprint density at radius 2 is 1.75 bits per heavy atom. The normalized spacial score (nSPS) is 11.6. The summed E-state index contributed by atoms with van der Waals surface area (Å²) >= 11 is 1.64. The molecule has 3 rings (SSSR count). The zero-order valence-corrected chi connectivity index (χ0v) is 17.6. The average Bonchev–Trinajstić information content (AvgIpc) is 3.11. The van der Waals surface area contributed by atoms with Gasteiger partial charge in [0.15, 0.2) is 0 Å². The monoisotopic (exact) mass is 418 g/mol. The van der Waals surface area contributed by atoms with E-state index >= 15 is 0 Å². The van der Waals surface area contributed by atoms with Gasteiger partial charge < -0.3 is 4.74 Å². The van der Waals surface area contributed by atoms with E-state index in [9.17, 15) is 13.2 Å². The first-order valence-corrected chi connectivity index (χ1v) is 10.8. The molecule has 0 unspecified atom stereocenters. The lowest BCUT2D eigenvalue weighted by molar-refractivity contribution is 0.0600. The van der Waals surface area contributed by atoms with Crippen LogP contribution in [-0.4, -0.2) is 30.8 Å². The van der Waals surface area contributed by atoms with Crippen molar-refractivity contribution in [3.05, 3.63) is 64.2 Å². The van der Waals surface area contributed by atoms with Crippen LogP contribution in [0.5, 0.6) is 0 Å². The van der Waals surface area contributed by atoms with Crippen molar-refractivity contribution in [1.82, 2.24) is 9.29 Å². The minimum atomic E-state index is -2.75. The first-order valence-electron chi connectivity index (χ1n) is 8.83. The molecule has 1 heterocycles. The predicted octanol–water partition coefficient (Wildman–Crippen LogP) is 3.73. The van der Waals surface area contributed by atoms with Crippen LogP contribution in [0.15, 0.2) is 42.5 Å². The second-order valence-corrected chi connectivity index (χ2v) is 8.86. The Balaban J connectivity index is 1.77. The SMILES string of the molecule is COC(=O)c1ccc(CN(Cc2ccc3nc(C(C)C)sc3c2)[SH](=O)=O)cc1. The van der Waals surface area contributed by atoms with E-state index in [1.807, 2.05) is 18.2 Å². The topological polar surface area (TPSA) is 76.6 Å². The highest BCUT2D eigenvalue weighted by molar-refractivity contribution is 7.69. The summed E-state index contributed by atoms with van der Waals surface area (Å²) in [7, 11) is -1.43. The molecule has 6 nitrogen and oxygen atoms in total. The Labute approximate surface area is 169 Å². The van der Waals surface area contributed by atoms with Crippen molar-refractivity contribution in [3.8, 4) is 0 Å². The molecule has 2 aromatic carbocycles. The Morgan fingerprint density at radius 1 is 1.11 bits per heavy atom.